The van der Waals surface area contributed by atoms with Crippen molar-refractivity contribution in [1.82, 2.24) is 15.0 Å². The number of aromatic nitrogens is 3. The molecule has 0 bridgehead atoms. The van der Waals surface area contributed by atoms with Crippen LogP contribution in [0.25, 0.3) is 0 Å². The molecular formula is C11H19N5O2. The number of methoxy groups -OCH3 is 1. The van der Waals surface area contributed by atoms with E-state index in [0.717, 1.165) is 32.4 Å². The Bertz CT molecular complexity index is 359. The van der Waals surface area contributed by atoms with Gasteiger partial charge < -0.3 is 20.1 Å². The molecular weight excluding hydrogens is 234 g/mol. The first-order valence-electron chi connectivity index (χ1n) is 6.15. The maximum atomic E-state index is 5.55. The highest BCUT2D eigenvalue weighted by atomic mass is 16.5. The van der Waals surface area contributed by atoms with Crippen molar-refractivity contribution in [1.29, 1.82) is 0 Å². The number of hydrogen-bond acceptors (Lipinski definition) is 7. The van der Waals surface area contributed by atoms with Gasteiger partial charge in [-0.1, -0.05) is 0 Å². The predicted octanol–water partition coefficient (Wildman–Crippen LogP) is 0.903. The molecule has 1 aliphatic rings. The number of ether oxygens (including phenoxy) is 2. The van der Waals surface area contributed by atoms with Gasteiger partial charge in [0.15, 0.2) is 0 Å². The van der Waals surface area contributed by atoms with E-state index in [-0.39, 0.29) is 0 Å². The minimum absolute atomic E-state index is 0.300. The zero-order valence-electron chi connectivity index (χ0n) is 10.8. The number of anilines is 2. The van der Waals surface area contributed by atoms with Crippen molar-refractivity contribution in [2.24, 2.45) is 0 Å². The van der Waals surface area contributed by atoms with Crippen LogP contribution in [-0.4, -0.2) is 48.4 Å². The average molecular weight is 253 g/mol. The molecule has 1 fully saturated rings. The van der Waals surface area contributed by atoms with E-state index in [1.807, 2.05) is 0 Å². The Kier molecular flexibility index (Phi) is 4.52. The van der Waals surface area contributed by atoms with E-state index in [9.17, 15) is 0 Å². The molecule has 2 rings (SSSR count). The fourth-order valence-electron chi connectivity index (χ4n) is 1.86. The Balaban J connectivity index is 1.87. The van der Waals surface area contributed by atoms with Gasteiger partial charge in [-0.15, -0.1) is 0 Å². The summed E-state index contributed by atoms with van der Waals surface area (Å²) in [5.41, 5.74) is 0. The molecule has 0 aromatic carbocycles. The van der Waals surface area contributed by atoms with Crippen LogP contribution in [-0.2, 0) is 4.74 Å². The van der Waals surface area contributed by atoms with E-state index < -0.39 is 0 Å². The van der Waals surface area contributed by atoms with Gasteiger partial charge in [0.25, 0.3) is 0 Å². The highest BCUT2D eigenvalue weighted by molar-refractivity contribution is 5.35. The number of nitrogens with zero attached hydrogens (tertiary/aromatic N) is 3. The molecule has 7 nitrogen and oxygen atoms in total. The van der Waals surface area contributed by atoms with Gasteiger partial charge in [0.1, 0.15) is 0 Å². The summed E-state index contributed by atoms with van der Waals surface area (Å²) in [6, 6.07) is 0.300. The summed E-state index contributed by atoms with van der Waals surface area (Å²) >= 11 is 0. The molecule has 2 N–H and O–H groups in total. The third-order valence-electron chi connectivity index (χ3n) is 2.79. The van der Waals surface area contributed by atoms with Crippen LogP contribution in [0.5, 0.6) is 6.01 Å². The van der Waals surface area contributed by atoms with E-state index in [2.05, 4.69) is 25.6 Å². The molecule has 0 spiro atoms. The molecule has 1 unspecified atom stereocenters. The molecule has 18 heavy (non-hydrogen) atoms. The highest BCUT2D eigenvalue weighted by Crippen LogP contribution is 2.15. The molecule has 0 saturated carbocycles. The van der Waals surface area contributed by atoms with Crippen molar-refractivity contribution in [3.8, 4) is 6.01 Å². The molecule has 1 aromatic rings. The molecule has 7 heteroatoms. The predicted molar refractivity (Wildman–Crippen MR) is 68.0 cm³/mol. The first kappa shape index (κ1) is 12.8. The second-order valence-electron chi connectivity index (χ2n) is 4.07. The molecule has 1 aromatic heterocycles. The summed E-state index contributed by atoms with van der Waals surface area (Å²) in [6.45, 7) is 1.66. The maximum absolute atomic E-state index is 5.55. The van der Waals surface area contributed by atoms with Crippen LogP contribution in [0.3, 0.4) is 0 Å². The third kappa shape index (κ3) is 3.43. The van der Waals surface area contributed by atoms with Gasteiger partial charge in [0.05, 0.1) is 13.2 Å². The van der Waals surface area contributed by atoms with Crippen LogP contribution in [0.1, 0.15) is 19.3 Å². The fraction of sp³-hybridized carbons (Fsp3) is 0.727. The van der Waals surface area contributed by atoms with Crippen molar-refractivity contribution in [3.05, 3.63) is 0 Å². The van der Waals surface area contributed by atoms with Crippen LogP contribution < -0.4 is 15.4 Å². The molecule has 1 aliphatic heterocycles. The fourth-order valence-corrected chi connectivity index (χ4v) is 1.86. The maximum Gasteiger partial charge on any atom is 0.322 e. The Morgan fingerprint density at radius 1 is 1.33 bits per heavy atom. The summed E-state index contributed by atoms with van der Waals surface area (Å²) in [6.07, 6.45) is 3.63. The second kappa shape index (κ2) is 6.34. The van der Waals surface area contributed by atoms with Gasteiger partial charge in [-0.3, -0.25) is 0 Å². The summed E-state index contributed by atoms with van der Waals surface area (Å²) in [4.78, 5) is 12.4. The molecule has 0 aliphatic carbocycles. The highest BCUT2D eigenvalue weighted by Gasteiger charge is 2.15. The van der Waals surface area contributed by atoms with Crippen LogP contribution in [0.15, 0.2) is 0 Å². The first-order valence-corrected chi connectivity index (χ1v) is 6.15. The van der Waals surface area contributed by atoms with Crippen LogP contribution in [0.4, 0.5) is 11.9 Å². The molecule has 100 valence electrons. The zero-order chi connectivity index (χ0) is 12.8. The van der Waals surface area contributed by atoms with Crippen LogP contribution >= 0.6 is 0 Å². The molecule has 2 heterocycles. The second-order valence-corrected chi connectivity index (χ2v) is 4.07. The normalized spacial score (nSPS) is 18.7. The lowest BCUT2D eigenvalue weighted by molar-refractivity contribution is 0.107. The Hall–Kier alpha value is -1.63. The van der Waals surface area contributed by atoms with Gasteiger partial charge in [-0.05, 0) is 19.3 Å². The number of nitrogens with one attached hydrogen (secondary N) is 2. The largest absolute Gasteiger partial charge is 0.467 e. The van der Waals surface area contributed by atoms with Crippen molar-refractivity contribution >= 4 is 11.9 Å². The summed E-state index contributed by atoms with van der Waals surface area (Å²) in [5, 5.41) is 6.03. The van der Waals surface area contributed by atoms with Crippen LogP contribution in [0, 0.1) is 0 Å². The van der Waals surface area contributed by atoms with Gasteiger partial charge >= 0.3 is 6.01 Å². The van der Waals surface area contributed by atoms with Crippen molar-refractivity contribution in [2.75, 3.05) is 37.9 Å². The Morgan fingerprint density at radius 2 is 2.17 bits per heavy atom. The van der Waals surface area contributed by atoms with E-state index in [1.54, 1.807) is 7.05 Å². The average Bonchev–Trinajstić information content (AvgIpc) is 2.91. The lowest BCUT2D eigenvalue weighted by Gasteiger charge is -2.10. The van der Waals surface area contributed by atoms with Gasteiger partial charge in [0, 0.05) is 20.2 Å². The summed E-state index contributed by atoms with van der Waals surface area (Å²) in [7, 11) is 3.29. The lowest BCUT2D eigenvalue weighted by atomic mass is 10.2. The van der Waals surface area contributed by atoms with Crippen molar-refractivity contribution in [3.63, 3.8) is 0 Å². The molecule has 1 atom stereocenters. The SMILES string of the molecule is CNc1nc(NCCC2CCCO2)nc(OC)n1. The van der Waals surface area contributed by atoms with E-state index in [0.29, 0.717) is 24.0 Å². The van der Waals surface area contributed by atoms with E-state index in [1.165, 1.54) is 7.11 Å². The third-order valence-corrected chi connectivity index (χ3v) is 2.79. The standard InChI is InChI=1S/C11H19N5O2/c1-12-9-14-10(16-11(15-9)17-2)13-6-5-8-4-3-7-18-8/h8H,3-7H2,1-2H3,(H2,12,13,14,15,16). The molecule has 0 amide bonds. The number of hydrogen-bond donors (Lipinski definition) is 2. The van der Waals surface area contributed by atoms with E-state index in [4.69, 9.17) is 9.47 Å². The monoisotopic (exact) mass is 253 g/mol. The quantitative estimate of drug-likeness (QED) is 0.779. The van der Waals surface area contributed by atoms with E-state index >= 15 is 0 Å². The Morgan fingerprint density at radius 3 is 2.83 bits per heavy atom. The van der Waals surface area contributed by atoms with Crippen molar-refractivity contribution in [2.45, 2.75) is 25.4 Å². The molecule has 0 radical (unpaired) electrons. The lowest BCUT2D eigenvalue weighted by Crippen LogP contribution is -2.14. The number of rotatable bonds is 6. The summed E-state index contributed by atoms with van der Waals surface area (Å²) < 4.78 is 10.6. The van der Waals surface area contributed by atoms with Crippen LogP contribution in [0.2, 0.25) is 0 Å². The zero-order valence-corrected chi connectivity index (χ0v) is 10.8. The van der Waals surface area contributed by atoms with Gasteiger partial charge in [-0.2, -0.15) is 15.0 Å². The smallest absolute Gasteiger partial charge is 0.322 e. The molecule has 1 saturated heterocycles. The Labute approximate surface area is 106 Å². The van der Waals surface area contributed by atoms with Crippen molar-refractivity contribution < 1.29 is 9.47 Å². The minimum Gasteiger partial charge on any atom is -0.467 e. The minimum atomic E-state index is 0.300. The summed E-state index contributed by atoms with van der Waals surface area (Å²) in [5.74, 6) is 1.01. The van der Waals surface area contributed by atoms with Gasteiger partial charge in [-0.25, -0.2) is 0 Å². The first-order chi connectivity index (χ1) is 8.81. The van der Waals surface area contributed by atoms with Gasteiger partial charge in [0.2, 0.25) is 11.9 Å². The topological polar surface area (TPSA) is 81.2 Å².